The monoisotopic (exact) mass is 461 g/mol. The van der Waals surface area contributed by atoms with E-state index in [1.807, 2.05) is 0 Å². The maximum atomic E-state index is 13.0. The lowest BCUT2D eigenvalue weighted by molar-refractivity contribution is -0.175. The lowest BCUT2D eigenvalue weighted by Gasteiger charge is -2.44. The van der Waals surface area contributed by atoms with Crippen molar-refractivity contribution in [2.75, 3.05) is 6.79 Å². The first-order chi connectivity index (χ1) is 15.1. The molecule has 1 saturated heterocycles. The van der Waals surface area contributed by atoms with Gasteiger partial charge in [0.2, 0.25) is 12.7 Å². The van der Waals surface area contributed by atoms with Crippen molar-refractivity contribution in [3.05, 3.63) is 28.8 Å². The van der Waals surface area contributed by atoms with Gasteiger partial charge in [-0.1, -0.05) is 0 Å². The molecule has 0 unspecified atom stereocenters. The van der Waals surface area contributed by atoms with E-state index in [2.05, 4.69) is 4.98 Å². The third-order valence-electron chi connectivity index (χ3n) is 5.63. The number of β-lactam (4-membered cyclic amide) rings is 1. The summed E-state index contributed by atoms with van der Waals surface area (Å²) in [6.07, 6.45) is 1.59. The molecule has 0 aromatic carbocycles. The third-order valence-corrected chi connectivity index (χ3v) is 6.60. The second kappa shape index (κ2) is 7.82. The van der Waals surface area contributed by atoms with E-state index in [0.717, 1.165) is 0 Å². The average Bonchev–Trinajstić information content (AvgIpc) is 3.38. The Labute approximate surface area is 187 Å². The van der Waals surface area contributed by atoms with Crippen molar-refractivity contribution in [1.82, 2.24) is 14.3 Å². The number of rotatable bonds is 6. The fourth-order valence-corrected chi connectivity index (χ4v) is 4.97. The molecule has 0 aliphatic carbocycles. The van der Waals surface area contributed by atoms with Crippen LogP contribution in [-0.4, -0.2) is 62.5 Å². The smallest absolute Gasteiger partial charge is 0.358 e. The van der Waals surface area contributed by atoms with Crippen LogP contribution >= 0.6 is 11.3 Å². The summed E-state index contributed by atoms with van der Waals surface area (Å²) in [6, 6.07) is -0.388. The van der Waals surface area contributed by atoms with Crippen LogP contribution in [0.1, 0.15) is 50.3 Å². The number of fused-ring (bicyclic) bond motifs is 2. The Balaban J connectivity index is 1.66. The molecule has 11 heteroatoms. The summed E-state index contributed by atoms with van der Waals surface area (Å²) in [5, 5.41) is 11.8. The van der Waals surface area contributed by atoms with Gasteiger partial charge in [-0.25, -0.2) is 9.78 Å². The van der Waals surface area contributed by atoms with Crippen molar-refractivity contribution in [2.24, 2.45) is 11.3 Å². The number of aromatic nitrogens is 2. The Hall–Kier alpha value is -3.05. The number of imidazole rings is 1. The number of hydrogen-bond donors (Lipinski definition) is 1. The number of hydrogen-bond acceptors (Lipinski definition) is 9. The summed E-state index contributed by atoms with van der Waals surface area (Å²) in [6.45, 7) is 5.98. The highest BCUT2D eigenvalue weighted by atomic mass is 32.1. The van der Waals surface area contributed by atoms with Crippen molar-refractivity contribution in [2.45, 2.75) is 46.3 Å². The van der Waals surface area contributed by atoms with Gasteiger partial charge in [0.05, 0.1) is 29.2 Å². The van der Waals surface area contributed by atoms with Crippen LogP contribution in [0.25, 0.3) is 10.4 Å². The second-order valence-corrected chi connectivity index (χ2v) is 9.71. The molecular weight excluding hydrogens is 438 g/mol. The lowest BCUT2D eigenvalue weighted by Crippen LogP contribution is -2.61. The molecule has 2 aromatic heterocycles. The number of aliphatic hydroxyl groups excluding tert-OH is 1. The van der Waals surface area contributed by atoms with Crippen molar-refractivity contribution >= 4 is 45.9 Å². The predicted molar refractivity (Wildman–Crippen MR) is 112 cm³/mol. The summed E-state index contributed by atoms with van der Waals surface area (Å²) in [5.74, 6) is -2.34. The van der Waals surface area contributed by atoms with Gasteiger partial charge in [-0.3, -0.25) is 18.8 Å². The molecule has 10 nitrogen and oxygen atoms in total. The second-order valence-electron chi connectivity index (χ2n) is 8.85. The summed E-state index contributed by atoms with van der Waals surface area (Å²) in [7, 11) is 0. The minimum absolute atomic E-state index is 0.0461. The van der Waals surface area contributed by atoms with Crippen LogP contribution in [0.3, 0.4) is 0 Å². The quantitative estimate of drug-likeness (QED) is 0.298. The van der Waals surface area contributed by atoms with Crippen molar-refractivity contribution in [1.29, 1.82) is 0 Å². The van der Waals surface area contributed by atoms with Crippen molar-refractivity contribution in [3.8, 4) is 0 Å². The van der Waals surface area contributed by atoms with Crippen LogP contribution in [0, 0.1) is 11.3 Å². The SMILES string of the molecule is C[C@@H](O)[C@H]1C(=O)N2C(C(=O)OCOC(=O)C(C)(C)C)=C(c3csc4c(C=O)ncn34)C[C@H]12. The maximum Gasteiger partial charge on any atom is 0.358 e. The van der Waals surface area contributed by atoms with E-state index in [9.17, 15) is 24.3 Å². The third kappa shape index (κ3) is 3.41. The van der Waals surface area contributed by atoms with Gasteiger partial charge in [-0.2, -0.15) is 0 Å². The zero-order valence-electron chi connectivity index (χ0n) is 18.0. The summed E-state index contributed by atoms with van der Waals surface area (Å²) in [5.41, 5.74) is 0.715. The van der Waals surface area contributed by atoms with E-state index < -0.39 is 36.2 Å². The van der Waals surface area contributed by atoms with Crippen LogP contribution in [0.4, 0.5) is 0 Å². The fourth-order valence-electron chi connectivity index (χ4n) is 4.01. The van der Waals surface area contributed by atoms with Gasteiger partial charge in [0.1, 0.15) is 22.5 Å². The Morgan fingerprint density at radius 1 is 1.38 bits per heavy atom. The summed E-state index contributed by atoms with van der Waals surface area (Å²) >= 11 is 1.29. The molecule has 2 aromatic rings. The Kier molecular flexibility index (Phi) is 5.41. The molecule has 1 N–H and O–H groups in total. The van der Waals surface area contributed by atoms with Gasteiger partial charge in [-0.15, -0.1) is 11.3 Å². The van der Waals surface area contributed by atoms with E-state index in [-0.39, 0.29) is 23.3 Å². The van der Waals surface area contributed by atoms with Crippen molar-refractivity contribution < 1.29 is 33.8 Å². The lowest BCUT2D eigenvalue weighted by atomic mass is 9.83. The van der Waals surface area contributed by atoms with Gasteiger partial charge in [0, 0.05) is 11.0 Å². The van der Waals surface area contributed by atoms with E-state index in [1.165, 1.54) is 29.5 Å². The number of esters is 2. The zero-order chi connectivity index (χ0) is 23.4. The number of amides is 1. The molecule has 2 aliphatic rings. The fraction of sp³-hybridized carbons (Fsp3) is 0.476. The first-order valence-corrected chi connectivity index (χ1v) is 10.9. The average molecular weight is 461 g/mol. The molecule has 0 radical (unpaired) electrons. The van der Waals surface area contributed by atoms with E-state index in [4.69, 9.17) is 9.47 Å². The topological polar surface area (TPSA) is 128 Å². The molecule has 0 bridgehead atoms. The van der Waals surface area contributed by atoms with E-state index >= 15 is 0 Å². The maximum absolute atomic E-state index is 13.0. The largest absolute Gasteiger partial charge is 0.427 e. The molecule has 4 heterocycles. The van der Waals surface area contributed by atoms with Gasteiger partial charge >= 0.3 is 11.9 Å². The molecule has 4 rings (SSSR count). The normalized spacial score (nSPS) is 21.4. The molecule has 0 saturated carbocycles. The number of aldehydes is 1. The van der Waals surface area contributed by atoms with Crippen LogP contribution in [0.15, 0.2) is 17.4 Å². The molecule has 1 amide bonds. The first-order valence-electron chi connectivity index (χ1n) is 10.0. The van der Waals surface area contributed by atoms with Gasteiger partial charge in [0.25, 0.3) is 0 Å². The Bertz CT molecular complexity index is 1150. The molecule has 2 aliphatic heterocycles. The van der Waals surface area contributed by atoms with Gasteiger partial charge in [0.15, 0.2) is 6.29 Å². The number of aliphatic hydroxyl groups is 1. The minimum atomic E-state index is -0.870. The van der Waals surface area contributed by atoms with E-state index in [1.54, 1.807) is 30.6 Å². The highest BCUT2D eigenvalue weighted by Gasteiger charge is 2.57. The number of nitrogens with zero attached hydrogens (tertiary/aromatic N) is 3. The minimum Gasteiger partial charge on any atom is -0.427 e. The van der Waals surface area contributed by atoms with Crippen LogP contribution in [-0.2, 0) is 23.9 Å². The van der Waals surface area contributed by atoms with Crippen molar-refractivity contribution in [3.63, 3.8) is 0 Å². The Morgan fingerprint density at radius 3 is 2.72 bits per heavy atom. The van der Waals surface area contributed by atoms with Gasteiger partial charge < -0.3 is 19.5 Å². The van der Waals surface area contributed by atoms with Crippen LogP contribution < -0.4 is 0 Å². The predicted octanol–water partition coefficient (Wildman–Crippen LogP) is 1.62. The molecule has 32 heavy (non-hydrogen) atoms. The zero-order valence-corrected chi connectivity index (χ0v) is 18.8. The highest BCUT2D eigenvalue weighted by molar-refractivity contribution is 7.16. The number of carbonyl (C=O) groups excluding carboxylic acids is 4. The molecule has 3 atom stereocenters. The first kappa shape index (κ1) is 22.2. The Morgan fingerprint density at radius 2 is 2.09 bits per heavy atom. The van der Waals surface area contributed by atoms with E-state index in [0.29, 0.717) is 28.8 Å². The molecule has 0 spiro atoms. The van der Waals surface area contributed by atoms with Crippen LogP contribution in [0.5, 0.6) is 0 Å². The standard InChI is InChI=1S/C21H23N3O7S/c1-10(26)15-13-5-11(14-7-32-18-12(6-25)22-8-23(14)18)16(24(13)17(15)27)19(28)30-9-31-20(29)21(2,3)4/h6-8,10,13,15,26H,5,9H2,1-4H3/t10-,13-,15-/m1/s1. The van der Waals surface area contributed by atoms with Crippen LogP contribution in [0.2, 0.25) is 0 Å². The number of carbonyl (C=O) groups is 4. The summed E-state index contributed by atoms with van der Waals surface area (Å²) < 4.78 is 11.9. The molecular formula is C21H23N3O7S. The number of thiazole rings is 1. The molecule has 1 fully saturated rings. The van der Waals surface area contributed by atoms with Gasteiger partial charge in [-0.05, 0) is 34.1 Å². The highest BCUT2D eigenvalue weighted by Crippen LogP contribution is 2.47. The molecule has 170 valence electrons. The number of ether oxygens (including phenoxy) is 2. The summed E-state index contributed by atoms with van der Waals surface area (Å²) in [4.78, 5) is 54.9.